The van der Waals surface area contributed by atoms with E-state index in [2.05, 4.69) is 22.8 Å². The van der Waals surface area contributed by atoms with Crippen LogP contribution < -0.4 is 4.74 Å². The zero-order valence-corrected chi connectivity index (χ0v) is 15.1. The maximum atomic E-state index is 11.7. The molecule has 134 valence electrons. The Morgan fingerprint density at radius 2 is 1.92 bits per heavy atom. The van der Waals surface area contributed by atoms with Gasteiger partial charge in [0.2, 0.25) is 0 Å². The number of piperazine rings is 1. The Balaban J connectivity index is 1.59. The van der Waals surface area contributed by atoms with Crippen LogP contribution in [0.3, 0.4) is 0 Å². The topological polar surface area (TPSA) is 70.1 Å². The van der Waals surface area contributed by atoms with Gasteiger partial charge in [-0.15, -0.1) is 0 Å². The first-order valence-corrected chi connectivity index (χ1v) is 10.2. The summed E-state index contributed by atoms with van der Waals surface area (Å²) in [6, 6.07) is 5.95. The summed E-state index contributed by atoms with van der Waals surface area (Å²) in [6.45, 7) is 6.19. The van der Waals surface area contributed by atoms with E-state index in [0.717, 1.165) is 38.5 Å². The number of methoxy groups -OCH3 is 1. The van der Waals surface area contributed by atoms with Gasteiger partial charge in [0.25, 0.3) is 0 Å². The molecule has 1 N–H and O–H groups in total. The first kappa shape index (κ1) is 17.7. The molecule has 0 aromatic heterocycles. The van der Waals surface area contributed by atoms with Crippen molar-refractivity contribution < 1.29 is 18.3 Å². The molecule has 2 fully saturated rings. The number of benzene rings is 1. The maximum absolute atomic E-state index is 11.7. The summed E-state index contributed by atoms with van der Waals surface area (Å²) in [5.41, 5.74) is 2.39. The molecule has 24 heavy (non-hydrogen) atoms. The van der Waals surface area contributed by atoms with Crippen LogP contribution in [-0.2, 0) is 16.4 Å². The van der Waals surface area contributed by atoms with Gasteiger partial charge >= 0.3 is 0 Å². The van der Waals surface area contributed by atoms with E-state index in [4.69, 9.17) is 4.74 Å². The first-order chi connectivity index (χ1) is 11.4. The maximum Gasteiger partial charge on any atom is 0.154 e. The lowest BCUT2D eigenvalue weighted by atomic mass is 10.1. The Labute approximate surface area is 143 Å². The molecule has 2 atom stereocenters. The summed E-state index contributed by atoms with van der Waals surface area (Å²) in [7, 11) is -1.40. The van der Waals surface area contributed by atoms with Crippen LogP contribution in [0, 0.1) is 6.92 Å². The third-order valence-corrected chi connectivity index (χ3v) is 6.70. The summed E-state index contributed by atoms with van der Waals surface area (Å²) >= 11 is 0. The standard InChI is InChI=1S/C17H26N2O4S/c1-13-3-4-17(23-2)14(9-13)10-18-5-7-19(8-6-18)15-11-24(21,22)12-16(15)20/h3-4,9,15-16,20H,5-8,10-12H2,1-2H3/t15-,16+/m1/s1. The Morgan fingerprint density at radius 1 is 1.21 bits per heavy atom. The highest BCUT2D eigenvalue weighted by Crippen LogP contribution is 2.24. The van der Waals surface area contributed by atoms with Crippen LogP contribution >= 0.6 is 0 Å². The monoisotopic (exact) mass is 354 g/mol. The van der Waals surface area contributed by atoms with Gasteiger partial charge in [0.1, 0.15) is 5.75 Å². The van der Waals surface area contributed by atoms with Crippen molar-refractivity contribution >= 4 is 9.84 Å². The van der Waals surface area contributed by atoms with Crippen molar-refractivity contribution in [1.29, 1.82) is 0 Å². The second-order valence-corrected chi connectivity index (χ2v) is 8.99. The number of aliphatic hydroxyl groups excluding tert-OH is 1. The summed E-state index contributed by atoms with van der Waals surface area (Å²) in [6.07, 6.45) is -0.751. The minimum absolute atomic E-state index is 0.0832. The van der Waals surface area contributed by atoms with Gasteiger partial charge in [-0.3, -0.25) is 9.80 Å². The summed E-state index contributed by atoms with van der Waals surface area (Å²) < 4.78 is 28.8. The Morgan fingerprint density at radius 3 is 2.50 bits per heavy atom. The van der Waals surface area contributed by atoms with E-state index in [9.17, 15) is 13.5 Å². The van der Waals surface area contributed by atoms with E-state index in [1.54, 1.807) is 7.11 Å². The smallest absolute Gasteiger partial charge is 0.154 e. The molecule has 0 unspecified atom stereocenters. The molecule has 0 aliphatic carbocycles. The highest BCUT2D eigenvalue weighted by molar-refractivity contribution is 7.91. The third kappa shape index (κ3) is 3.91. The van der Waals surface area contributed by atoms with Crippen molar-refractivity contribution in [3.8, 4) is 5.75 Å². The van der Waals surface area contributed by atoms with E-state index in [0.29, 0.717) is 0 Å². The van der Waals surface area contributed by atoms with Gasteiger partial charge in [-0.05, 0) is 13.0 Å². The number of hydrogen-bond donors (Lipinski definition) is 1. The fourth-order valence-electron chi connectivity index (χ4n) is 3.68. The van der Waals surface area contributed by atoms with Gasteiger partial charge in [0.05, 0.1) is 30.8 Å². The van der Waals surface area contributed by atoms with Crippen LogP contribution in [0.4, 0.5) is 0 Å². The van der Waals surface area contributed by atoms with Crippen LogP contribution in [0.1, 0.15) is 11.1 Å². The first-order valence-electron chi connectivity index (χ1n) is 8.36. The quantitative estimate of drug-likeness (QED) is 0.838. The molecule has 2 saturated heterocycles. The molecule has 3 rings (SSSR count). The van der Waals surface area contributed by atoms with E-state index < -0.39 is 15.9 Å². The van der Waals surface area contributed by atoms with Gasteiger partial charge in [-0.2, -0.15) is 0 Å². The van der Waals surface area contributed by atoms with Crippen LogP contribution in [0.25, 0.3) is 0 Å². The Kier molecular flexibility index (Phi) is 5.15. The van der Waals surface area contributed by atoms with Gasteiger partial charge in [0.15, 0.2) is 9.84 Å². The Bertz CT molecular complexity index is 684. The van der Waals surface area contributed by atoms with Crippen LogP contribution in [0.2, 0.25) is 0 Å². The molecule has 0 spiro atoms. The predicted molar refractivity (Wildman–Crippen MR) is 93.0 cm³/mol. The van der Waals surface area contributed by atoms with Gasteiger partial charge < -0.3 is 9.84 Å². The highest BCUT2D eigenvalue weighted by Gasteiger charge is 2.40. The zero-order chi connectivity index (χ0) is 17.3. The molecule has 1 aromatic carbocycles. The molecule has 2 aliphatic rings. The number of aryl methyl sites for hydroxylation is 1. The molecule has 7 heteroatoms. The minimum Gasteiger partial charge on any atom is -0.496 e. The number of sulfone groups is 1. The van der Waals surface area contributed by atoms with Crippen molar-refractivity contribution in [3.63, 3.8) is 0 Å². The molecule has 0 saturated carbocycles. The number of rotatable bonds is 4. The fourth-order valence-corrected chi connectivity index (χ4v) is 5.52. The van der Waals surface area contributed by atoms with Crippen molar-refractivity contribution in [3.05, 3.63) is 29.3 Å². The molecule has 0 radical (unpaired) electrons. The average Bonchev–Trinajstić information content (AvgIpc) is 2.81. The zero-order valence-electron chi connectivity index (χ0n) is 14.3. The van der Waals surface area contributed by atoms with E-state index in [1.165, 1.54) is 11.1 Å². The molecular formula is C17H26N2O4S. The van der Waals surface area contributed by atoms with Gasteiger partial charge in [0, 0.05) is 38.3 Å². The summed E-state index contributed by atoms with van der Waals surface area (Å²) in [5, 5.41) is 10.0. The van der Waals surface area contributed by atoms with E-state index in [1.807, 2.05) is 12.1 Å². The number of hydrogen-bond acceptors (Lipinski definition) is 6. The molecule has 2 heterocycles. The third-order valence-electron chi connectivity index (χ3n) is 5.00. The van der Waals surface area contributed by atoms with Crippen LogP contribution in [0.15, 0.2) is 18.2 Å². The van der Waals surface area contributed by atoms with Crippen molar-refractivity contribution in [1.82, 2.24) is 9.80 Å². The molecular weight excluding hydrogens is 328 g/mol. The lowest BCUT2D eigenvalue weighted by Gasteiger charge is -2.38. The number of nitrogens with zero attached hydrogens (tertiary/aromatic N) is 2. The van der Waals surface area contributed by atoms with E-state index in [-0.39, 0.29) is 17.5 Å². The van der Waals surface area contributed by atoms with Crippen LogP contribution in [-0.4, -0.2) is 80.3 Å². The normalized spacial score (nSPS) is 28.1. The number of ether oxygens (including phenoxy) is 1. The predicted octanol–water partition coefficient (Wildman–Crippen LogP) is 0.279. The van der Waals surface area contributed by atoms with Crippen molar-refractivity contribution in [2.24, 2.45) is 0 Å². The minimum atomic E-state index is -3.09. The summed E-state index contributed by atoms with van der Waals surface area (Å²) in [5.74, 6) is 0.887. The largest absolute Gasteiger partial charge is 0.496 e. The highest BCUT2D eigenvalue weighted by atomic mass is 32.2. The SMILES string of the molecule is COc1ccc(C)cc1CN1CCN([C@@H]2CS(=O)(=O)C[C@@H]2O)CC1. The van der Waals surface area contributed by atoms with Crippen molar-refractivity contribution in [2.45, 2.75) is 25.6 Å². The second-order valence-electron chi connectivity index (χ2n) is 6.84. The number of aliphatic hydroxyl groups is 1. The average molecular weight is 354 g/mol. The Hall–Kier alpha value is -1.15. The molecule has 2 aliphatic heterocycles. The molecule has 6 nitrogen and oxygen atoms in total. The van der Waals surface area contributed by atoms with E-state index >= 15 is 0 Å². The molecule has 1 aromatic rings. The van der Waals surface area contributed by atoms with Crippen molar-refractivity contribution in [2.75, 3.05) is 44.8 Å². The lowest BCUT2D eigenvalue weighted by Crippen LogP contribution is -2.53. The molecule has 0 amide bonds. The van der Waals surface area contributed by atoms with Gasteiger partial charge in [-0.1, -0.05) is 17.7 Å². The lowest BCUT2D eigenvalue weighted by molar-refractivity contribution is 0.0422. The summed E-state index contributed by atoms with van der Waals surface area (Å²) in [4.78, 5) is 4.48. The molecule has 0 bridgehead atoms. The fraction of sp³-hybridized carbons (Fsp3) is 0.647. The second kappa shape index (κ2) is 7.00. The van der Waals surface area contributed by atoms with Gasteiger partial charge in [-0.25, -0.2) is 8.42 Å². The van der Waals surface area contributed by atoms with Crippen LogP contribution in [0.5, 0.6) is 5.75 Å².